The van der Waals surface area contributed by atoms with Crippen LogP contribution in [0.15, 0.2) is 29.3 Å². The van der Waals surface area contributed by atoms with Gasteiger partial charge in [-0.3, -0.25) is 4.79 Å². The Morgan fingerprint density at radius 3 is 2.77 bits per heavy atom. The van der Waals surface area contributed by atoms with Crippen LogP contribution in [0.1, 0.15) is 31.7 Å². The third-order valence-corrected chi connectivity index (χ3v) is 5.16. The molecule has 0 saturated carbocycles. The van der Waals surface area contributed by atoms with Crippen LogP contribution in [-0.4, -0.2) is 56.1 Å². The molecule has 1 fully saturated rings. The zero-order valence-electron chi connectivity index (χ0n) is 15.8. The summed E-state index contributed by atoms with van der Waals surface area (Å²) in [5.41, 5.74) is 1.27. The van der Waals surface area contributed by atoms with Gasteiger partial charge in [0, 0.05) is 39.5 Å². The van der Waals surface area contributed by atoms with Gasteiger partial charge in [-0.05, 0) is 37.3 Å². The molecule has 2 N–H and O–H groups in total. The van der Waals surface area contributed by atoms with Crippen LogP contribution in [-0.2, 0) is 11.2 Å². The predicted octanol–water partition coefficient (Wildman–Crippen LogP) is 1.80. The number of ether oxygens (including phenoxy) is 1. The van der Waals surface area contributed by atoms with Crippen molar-refractivity contribution >= 4 is 11.9 Å². The number of likely N-dealkylation sites (tertiary alicyclic amines) is 1. The van der Waals surface area contributed by atoms with Crippen LogP contribution in [0.2, 0.25) is 0 Å². The van der Waals surface area contributed by atoms with Crippen LogP contribution in [0.5, 0.6) is 5.75 Å². The summed E-state index contributed by atoms with van der Waals surface area (Å²) >= 11 is 0. The molecule has 0 radical (unpaired) electrons. The smallest absolute Gasteiger partial charge is 0.220 e. The largest absolute Gasteiger partial charge is 0.488 e. The molecule has 6 nitrogen and oxygen atoms in total. The molecule has 1 aromatic rings. The summed E-state index contributed by atoms with van der Waals surface area (Å²) in [4.78, 5) is 18.7. The van der Waals surface area contributed by atoms with Crippen LogP contribution < -0.4 is 15.4 Å². The molecule has 0 spiro atoms. The van der Waals surface area contributed by atoms with Crippen molar-refractivity contribution in [2.75, 3.05) is 33.2 Å². The number of fused-ring (bicyclic) bond motifs is 1. The van der Waals surface area contributed by atoms with Crippen LogP contribution in [0.3, 0.4) is 0 Å². The molecular formula is C20H30N4O2. The molecule has 0 aromatic heterocycles. The van der Waals surface area contributed by atoms with Crippen molar-refractivity contribution in [1.29, 1.82) is 0 Å². The Bertz CT molecular complexity index is 613. The molecule has 1 atom stereocenters. The maximum Gasteiger partial charge on any atom is 0.220 e. The fourth-order valence-corrected chi connectivity index (χ4v) is 3.68. The Balaban J connectivity index is 1.53. The minimum Gasteiger partial charge on any atom is -0.488 e. The van der Waals surface area contributed by atoms with Gasteiger partial charge < -0.3 is 20.3 Å². The first kappa shape index (κ1) is 18.5. The highest BCUT2D eigenvalue weighted by molar-refractivity contribution is 5.80. The molecule has 2 heterocycles. The van der Waals surface area contributed by atoms with E-state index in [4.69, 9.17) is 9.73 Å². The fraction of sp³-hybridized carbons (Fsp3) is 0.600. The SMILES string of the molecule is CCNC(=NCC1Cc2ccccc2O1)N1CCC(CC(=O)NC)CC1. The van der Waals surface area contributed by atoms with E-state index in [1.807, 2.05) is 12.1 Å². The van der Waals surface area contributed by atoms with Crippen molar-refractivity contribution in [2.45, 2.75) is 38.7 Å². The lowest BCUT2D eigenvalue weighted by atomic mass is 9.93. The van der Waals surface area contributed by atoms with Gasteiger partial charge in [0.15, 0.2) is 5.96 Å². The van der Waals surface area contributed by atoms with E-state index < -0.39 is 0 Å². The molecule has 1 aromatic carbocycles. The number of hydrogen-bond acceptors (Lipinski definition) is 3. The molecule has 6 heteroatoms. The van der Waals surface area contributed by atoms with Crippen LogP contribution >= 0.6 is 0 Å². The van der Waals surface area contributed by atoms with Crippen molar-refractivity contribution in [3.8, 4) is 5.75 Å². The monoisotopic (exact) mass is 358 g/mol. The van der Waals surface area contributed by atoms with Crippen molar-refractivity contribution in [1.82, 2.24) is 15.5 Å². The van der Waals surface area contributed by atoms with Gasteiger partial charge in [0.1, 0.15) is 11.9 Å². The van der Waals surface area contributed by atoms with Gasteiger partial charge in [-0.15, -0.1) is 0 Å². The van der Waals surface area contributed by atoms with Gasteiger partial charge in [0.25, 0.3) is 0 Å². The van der Waals surface area contributed by atoms with Gasteiger partial charge >= 0.3 is 0 Å². The number of nitrogens with zero attached hydrogens (tertiary/aromatic N) is 2. The summed E-state index contributed by atoms with van der Waals surface area (Å²) in [6, 6.07) is 8.22. The van der Waals surface area contributed by atoms with Crippen LogP contribution in [0.4, 0.5) is 0 Å². The van der Waals surface area contributed by atoms with E-state index in [-0.39, 0.29) is 12.0 Å². The Morgan fingerprint density at radius 2 is 2.08 bits per heavy atom. The molecule has 1 amide bonds. The summed E-state index contributed by atoms with van der Waals surface area (Å²) in [5, 5.41) is 6.13. The van der Waals surface area contributed by atoms with E-state index >= 15 is 0 Å². The topological polar surface area (TPSA) is 66.0 Å². The number of para-hydroxylation sites is 1. The first-order valence-corrected chi connectivity index (χ1v) is 9.68. The average Bonchev–Trinajstić information content (AvgIpc) is 3.08. The number of aliphatic imine (C=N–C) groups is 1. The number of carbonyl (C=O) groups excluding carboxylic acids is 1. The highest BCUT2D eigenvalue weighted by Gasteiger charge is 2.25. The second-order valence-electron chi connectivity index (χ2n) is 7.05. The highest BCUT2D eigenvalue weighted by Crippen LogP contribution is 2.28. The molecule has 2 aliphatic heterocycles. The fourth-order valence-electron chi connectivity index (χ4n) is 3.68. The van der Waals surface area contributed by atoms with Gasteiger partial charge in [0.05, 0.1) is 6.54 Å². The summed E-state index contributed by atoms with van der Waals surface area (Å²) in [6.07, 6.45) is 3.73. The number of guanidine groups is 1. The molecule has 1 saturated heterocycles. The quantitative estimate of drug-likeness (QED) is 0.622. The maximum atomic E-state index is 11.6. The Hall–Kier alpha value is -2.24. The number of carbonyl (C=O) groups is 1. The lowest BCUT2D eigenvalue weighted by molar-refractivity contribution is -0.121. The van der Waals surface area contributed by atoms with E-state index in [1.54, 1.807) is 7.05 Å². The molecule has 3 rings (SSSR count). The summed E-state index contributed by atoms with van der Waals surface area (Å²) in [5.74, 6) is 2.57. The molecule has 2 aliphatic rings. The number of amides is 1. The molecule has 0 aliphatic carbocycles. The van der Waals surface area contributed by atoms with Crippen LogP contribution in [0, 0.1) is 5.92 Å². The molecule has 26 heavy (non-hydrogen) atoms. The average molecular weight is 358 g/mol. The van der Waals surface area contributed by atoms with Gasteiger partial charge in [-0.25, -0.2) is 4.99 Å². The standard InChI is InChI=1S/C20H30N4O2/c1-3-22-20(24-10-8-15(9-11-24)12-19(25)21-2)23-14-17-13-16-6-4-5-7-18(16)26-17/h4-7,15,17H,3,8-14H2,1-2H3,(H,21,25)(H,22,23). The minimum absolute atomic E-state index is 0.117. The number of piperidine rings is 1. The molecular weight excluding hydrogens is 328 g/mol. The lowest BCUT2D eigenvalue weighted by Crippen LogP contribution is -2.46. The Morgan fingerprint density at radius 1 is 1.31 bits per heavy atom. The number of rotatable bonds is 5. The summed E-state index contributed by atoms with van der Waals surface area (Å²) < 4.78 is 6.00. The zero-order chi connectivity index (χ0) is 18.4. The normalized spacial score (nSPS) is 20.5. The zero-order valence-corrected chi connectivity index (χ0v) is 15.8. The van der Waals surface area contributed by atoms with Gasteiger partial charge in [-0.2, -0.15) is 0 Å². The van der Waals surface area contributed by atoms with Gasteiger partial charge in [-0.1, -0.05) is 18.2 Å². The minimum atomic E-state index is 0.117. The van der Waals surface area contributed by atoms with E-state index in [9.17, 15) is 4.79 Å². The van der Waals surface area contributed by atoms with Crippen molar-refractivity contribution < 1.29 is 9.53 Å². The number of benzene rings is 1. The van der Waals surface area contributed by atoms with E-state index in [1.165, 1.54) is 5.56 Å². The predicted molar refractivity (Wildman–Crippen MR) is 104 cm³/mol. The maximum absolute atomic E-state index is 11.6. The summed E-state index contributed by atoms with van der Waals surface area (Å²) in [6.45, 7) is 5.49. The van der Waals surface area contributed by atoms with E-state index in [0.29, 0.717) is 18.9 Å². The van der Waals surface area contributed by atoms with Crippen molar-refractivity contribution in [3.05, 3.63) is 29.8 Å². The molecule has 1 unspecified atom stereocenters. The van der Waals surface area contributed by atoms with Crippen molar-refractivity contribution in [2.24, 2.45) is 10.9 Å². The third kappa shape index (κ3) is 4.68. The third-order valence-electron chi connectivity index (χ3n) is 5.16. The van der Waals surface area contributed by atoms with Crippen molar-refractivity contribution in [3.63, 3.8) is 0 Å². The number of hydrogen-bond donors (Lipinski definition) is 2. The summed E-state index contributed by atoms with van der Waals surface area (Å²) in [7, 11) is 1.71. The van der Waals surface area contributed by atoms with Gasteiger partial charge in [0.2, 0.25) is 5.91 Å². The molecule has 142 valence electrons. The van der Waals surface area contributed by atoms with Crippen LogP contribution in [0.25, 0.3) is 0 Å². The van der Waals surface area contributed by atoms with E-state index in [2.05, 4.69) is 34.6 Å². The Kier molecular flexibility index (Phi) is 6.36. The highest BCUT2D eigenvalue weighted by atomic mass is 16.5. The second-order valence-corrected chi connectivity index (χ2v) is 7.05. The van der Waals surface area contributed by atoms with E-state index in [0.717, 1.165) is 50.6 Å². The first-order valence-electron chi connectivity index (χ1n) is 9.68. The lowest BCUT2D eigenvalue weighted by Gasteiger charge is -2.34. The molecule has 0 bridgehead atoms. The number of nitrogens with one attached hydrogen (secondary N) is 2. The second kappa shape index (κ2) is 8.92. The Labute approximate surface area is 156 Å². The first-order chi connectivity index (χ1) is 12.7.